The molecule has 0 radical (unpaired) electrons. The van der Waals surface area contributed by atoms with E-state index in [2.05, 4.69) is 28.6 Å². The Morgan fingerprint density at radius 2 is 1.71 bits per heavy atom. The molecule has 2 atom stereocenters. The second-order valence-electron chi connectivity index (χ2n) is 8.04. The van der Waals surface area contributed by atoms with E-state index in [0.29, 0.717) is 6.42 Å². The van der Waals surface area contributed by atoms with Crippen LogP contribution in [0.5, 0.6) is 0 Å². The molecule has 0 fully saturated rings. The third-order valence-corrected chi connectivity index (χ3v) is 4.65. The number of amides is 1. The van der Waals surface area contributed by atoms with Gasteiger partial charge in [-0.1, -0.05) is 30.3 Å². The van der Waals surface area contributed by atoms with Crippen LogP contribution in [0, 0.1) is 0 Å². The van der Waals surface area contributed by atoms with Crippen LogP contribution < -0.4 is 26.8 Å². The van der Waals surface area contributed by atoms with Crippen molar-refractivity contribution < 1.29 is 19.4 Å². The van der Waals surface area contributed by atoms with E-state index in [0.717, 1.165) is 5.56 Å². The summed E-state index contributed by atoms with van der Waals surface area (Å²) in [5.74, 6) is -1.26. The Labute approximate surface area is 185 Å². The van der Waals surface area contributed by atoms with Crippen molar-refractivity contribution >= 4 is 36.1 Å². The maximum Gasteiger partial charge on any atom is 0.407 e. The van der Waals surface area contributed by atoms with E-state index in [4.69, 9.17) is 9.84 Å². The highest BCUT2D eigenvalue weighted by atomic mass is 32.1. The van der Waals surface area contributed by atoms with Gasteiger partial charge in [0.25, 0.3) is 10.9 Å². The lowest BCUT2D eigenvalue weighted by Crippen LogP contribution is -2.46. The number of ether oxygens (including phenoxy) is 1. The second-order valence-corrected chi connectivity index (χ2v) is 8.40. The molecule has 0 bridgehead atoms. The standard InChI is InChI=1S/C21H27N3O6S/c1-21(2,3)30-20(29)23-13(9-12-7-5-4-6-8-12)10-22-15-16(18(26)17(15)25)24-14(11-31)19(27)28/h4-8,13-14,22,24,31H,9-11H2,1-3H3,(H,23,29)(H,27,28)/t13-,14-/m0/s1. The predicted molar refractivity (Wildman–Crippen MR) is 122 cm³/mol. The number of benzene rings is 1. The maximum absolute atomic E-state index is 12.2. The molecule has 0 saturated heterocycles. The zero-order valence-electron chi connectivity index (χ0n) is 17.6. The van der Waals surface area contributed by atoms with Crippen LogP contribution in [0.25, 0.3) is 0 Å². The van der Waals surface area contributed by atoms with E-state index in [1.807, 2.05) is 30.3 Å². The first kappa shape index (κ1) is 24.3. The van der Waals surface area contributed by atoms with Crippen LogP contribution in [-0.4, -0.2) is 47.2 Å². The summed E-state index contributed by atoms with van der Waals surface area (Å²) in [6, 6.07) is 7.84. The number of aliphatic carboxylic acids is 1. The number of hydrogen-bond acceptors (Lipinski definition) is 8. The first-order valence-electron chi connectivity index (χ1n) is 9.72. The van der Waals surface area contributed by atoms with E-state index >= 15 is 0 Å². The summed E-state index contributed by atoms with van der Waals surface area (Å²) in [4.78, 5) is 47.3. The minimum Gasteiger partial charge on any atom is -0.480 e. The molecule has 2 aromatic carbocycles. The molecule has 2 rings (SSSR count). The number of carboxylic acid groups (broad SMARTS) is 1. The van der Waals surface area contributed by atoms with Crippen LogP contribution in [0.1, 0.15) is 26.3 Å². The summed E-state index contributed by atoms with van der Waals surface area (Å²) in [5, 5.41) is 17.3. The number of carboxylic acids is 1. The summed E-state index contributed by atoms with van der Waals surface area (Å²) < 4.78 is 5.31. The Hall–Kier alpha value is -3.01. The van der Waals surface area contributed by atoms with Crippen LogP contribution >= 0.6 is 12.6 Å². The Kier molecular flexibility index (Phi) is 8.09. The van der Waals surface area contributed by atoms with E-state index < -0.39 is 40.6 Å². The van der Waals surface area contributed by atoms with Crippen molar-refractivity contribution in [3.8, 4) is 0 Å². The number of hydrogen-bond donors (Lipinski definition) is 5. The number of rotatable bonds is 10. The summed E-state index contributed by atoms with van der Waals surface area (Å²) in [7, 11) is 0. The van der Waals surface area contributed by atoms with Gasteiger partial charge in [0.05, 0.1) is 6.04 Å². The monoisotopic (exact) mass is 449 g/mol. The molecule has 0 heterocycles. The number of alkyl carbamates (subject to hydrolysis) is 1. The van der Waals surface area contributed by atoms with Crippen LogP contribution in [-0.2, 0) is 16.0 Å². The number of nitrogens with one attached hydrogen (secondary N) is 3. The van der Waals surface area contributed by atoms with Crippen LogP contribution in [0.15, 0.2) is 39.9 Å². The van der Waals surface area contributed by atoms with Gasteiger partial charge in [-0.2, -0.15) is 12.6 Å². The lowest BCUT2D eigenvalue weighted by atomic mass is 10.1. The molecule has 0 aromatic heterocycles. The van der Waals surface area contributed by atoms with Crippen molar-refractivity contribution in [3.63, 3.8) is 0 Å². The molecule has 168 valence electrons. The van der Waals surface area contributed by atoms with Crippen molar-refractivity contribution in [2.45, 2.75) is 44.9 Å². The van der Waals surface area contributed by atoms with Crippen molar-refractivity contribution in [3.05, 3.63) is 56.3 Å². The highest BCUT2D eigenvalue weighted by Gasteiger charge is 2.27. The molecule has 1 amide bonds. The largest absolute Gasteiger partial charge is 0.480 e. The van der Waals surface area contributed by atoms with Crippen molar-refractivity contribution in [2.24, 2.45) is 0 Å². The SMILES string of the molecule is CC(C)(C)OC(=O)N[C@H](CNc1c(N[C@@H](CS)C(=O)O)c(=O)c1=O)Cc1ccccc1. The van der Waals surface area contributed by atoms with E-state index in [1.54, 1.807) is 20.8 Å². The Morgan fingerprint density at radius 3 is 2.26 bits per heavy atom. The molecule has 0 aliphatic rings. The quantitative estimate of drug-likeness (QED) is 0.273. The van der Waals surface area contributed by atoms with Gasteiger partial charge in [-0.3, -0.25) is 9.59 Å². The number of carbonyl (C=O) groups is 2. The molecule has 0 spiro atoms. The fraction of sp³-hybridized carbons (Fsp3) is 0.429. The van der Waals surface area contributed by atoms with Gasteiger partial charge in [-0.15, -0.1) is 0 Å². The number of anilines is 2. The highest BCUT2D eigenvalue weighted by Crippen LogP contribution is 2.17. The summed E-state index contributed by atoms with van der Waals surface area (Å²) in [6.07, 6.45) is -0.167. The lowest BCUT2D eigenvalue weighted by molar-refractivity contribution is -0.137. The van der Waals surface area contributed by atoms with Gasteiger partial charge >= 0.3 is 12.1 Å². The molecule has 0 aliphatic carbocycles. The molecule has 4 N–H and O–H groups in total. The fourth-order valence-electron chi connectivity index (χ4n) is 2.83. The lowest BCUT2D eigenvalue weighted by Gasteiger charge is -2.25. The third-order valence-electron chi connectivity index (χ3n) is 4.28. The van der Waals surface area contributed by atoms with Crippen LogP contribution in [0.2, 0.25) is 0 Å². The van der Waals surface area contributed by atoms with E-state index in [9.17, 15) is 19.2 Å². The smallest absolute Gasteiger partial charge is 0.407 e. The number of thiol groups is 1. The minimum absolute atomic E-state index is 0.0120. The van der Waals surface area contributed by atoms with Gasteiger partial charge in [0, 0.05) is 12.3 Å². The predicted octanol–water partition coefficient (Wildman–Crippen LogP) is 1.63. The maximum atomic E-state index is 12.2. The van der Waals surface area contributed by atoms with Gasteiger partial charge in [0.1, 0.15) is 23.0 Å². The molecule has 0 unspecified atom stereocenters. The highest BCUT2D eigenvalue weighted by molar-refractivity contribution is 7.80. The molecule has 0 saturated carbocycles. The molecule has 31 heavy (non-hydrogen) atoms. The summed E-state index contributed by atoms with van der Waals surface area (Å²) >= 11 is 3.94. The van der Waals surface area contributed by atoms with Crippen molar-refractivity contribution in [1.29, 1.82) is 0 Å². The fourth-order valence-corrected chi connectivity index (χ4v) is 3.08. The van der Waals surface area contributed by atoms with E-state index in [1.165, 1.54) is 0 Å². The molecule has 2 aromatic rings. The first-order valence-corrected chi connectivity index (χ1v) is 10.4. The van der Waals surface area contributed by atoms with Gasteiger partial charge in [-0.25, -0.2) is 9.59 Å². The molecule has 9 nitrogen and oxygen atoms in total. The Morgan fingerprint density at radius 1 is 1.10 bits per heavy atom. The van der Waals surface area contributed by atoms with Crippen LogP contribution in [0.3, 0.4) is 0 Å². The van der Waals surface area contributed by atoms with Gasteiger partial charge < -0.3 is 25.8 Å². The molecule has 0 aliphatic heterocycles. The Balaban J connectivity index is 2.13. The van der Waals surface area contributed by atoms with Crippen molar-refractivity contribution in [1.82, 2.24) is 5.32 Å². The summed E-state index contributed by atoms with van der Waals surface area (Å²) in [5.41, 5.74) is -1.38. The molecular formula is C21H27N3O6S. The normalized spacial score (nSPS) is 13.3. The topological polar surface area (TPSA) is 134 Å². The van der Waals surface area contributed by atoms with E-state index in [-0.39, 0.29) is 23.7 Å². The zero-order valence-corrected chi connectivity index (χ0v) is 18.5. The van der Waals surface area contributed by atoms with Crippen LogP contribution in [0.4, 0.5) is 16.2 Å². The Bertz CT molecular complexity index is 979. The minimum atomic E-state index is -1.19. The average Bonchev–Trinajstić information content (AvgIpc) is 2.68. The first-order chi connectivity index (χ1) is 14.5. The third kappa shape index (κ3) is 7.02. The van der Waals surface area contributed by atoms with Crippen molar-refractivity contribution in [2.75, 3.05) is 22.9 Å². The van der Waals surface area contributed by atoms with Gasteiger partial charge in [0.15, 0.2) is 0 Å². The average molecular weight is 450 g/mol. The zero-order chi connectivity index (χ0) is 23.2. The second kappa shape index (κ2) is 10.3. The van der Waals surface area contributed by atoms with Gasteiger partial charge in [-0.05, 0) is 32.8 Å². The molecular weight excluding hydrogens is 422 g/mol. The summed E-state index contributed by atoms with van der Waals surface area (Å²) in [6.45, 7) is 5.36. The number of carbonyl (C=O) groups excluding carboxylic acids is 1. The molecule has 10 heteroatoms. The van der Waals surface area contributed by atoms with Gasteiger partial charge in [0.2, 0.25) is 0 Å².